The van der Waals surface area contributed by atoms with Crippen LogP contribution in [0.5, 0.6) is 0 Å². The lowest BCUT2D eigenvalue weighted by molar-refractivity contribution is -0.146. The van der Waals surface area contributed by atoms with E-state index in [0.717, 1.165) is 64.0 Å². The van der Waals surface area contributed by atoms with Crippen molar-refractivity contribution in [3.05, 3.63) is 47.0 Å². The highest BCUT2D eigenvalue weighted by Gasteiger charge is 2.37. The second kappa shape index (κ2) is 21.1. The molecule has 2 fully saturated rings. The summed E-state index contributed by atoms with van der Waals surface area (Å²) in [4.78, 5) is 56.1. The molecule has 53 heavy (non-hydrogen) atoms. The molecule has 0 unspecified atom stereocenters. The van der Waals surface area contributed by atoms with Crippen molar-refractivity contribution in [3.8, 4) is 0 Å². The second-order valence-electron chi connectivity index (χ2n) is 15.8. The molecule has 0 spiro atoms. The fourth-order valence-corrected chi connectivity index (χ4v) is 8.22. The molecule has 4 rings (SSSR count). The molecule has 1 aliphatic heterocycles. The number of anilines is 1. The molecule has 12 nitrogen and oxygen atoms in total. The van der Waals surface area contributed by atoms with E-state index < -0.39 is 24.3 Å². The van der Waals surface area contributed by atoms with Crippen LogP contribution in [-0.4, -0.2) is 136 Å². The van der Waals surface area contributed by atoms with Gasteiger partial charge in [0, 0.05) is 64.5 Å². The van der Waals surface area contributed by atoms with E-state index in [1.807, 2.05) is 56.5 Å². The molecule has 1 saturated carbocycles. The lowest BCUT2D eigenvalue weighted by Crippen LogP contribution is -2.52. The van der Waals surface area contributed by atoms with Crippen molar-refractivity contribution in [2.75, 3.05) is 65.6 Å². The highest BCUT2D eigenvalue weighted by molar-refractivity contribution is 7.13. The number of nitrogens with two attached hydrogens (primary N) is 1. The van der Waals surface area contributed by atoms with Gasteiger partial charge in [-0.15, -0.1) is 11.3 Å². The number of likely N-dealkylation sites (N-methyl/N-ethyl adjacent to an activating group) is 2. The Morgan fingerprint density at radius 1 is 0.943 bits per heavy atom. The summed E-state index contributed by atoms with van der Waals surface area (Å²) in [5.74, 6) is -0.282. The number of carbonyl (C=O) groups excluding carboxylic acids is 3. The van der Waals surface area contributed by atoms with Gasteiger partial charge in [0.1, 0.15) is 12.6 Å². The van der Waals surface area contributed by atoms with Crippen LogP contribution in [0.1, 0.15) is 95.9 Å². The Balaban J connectivity index is 1.52. The largest absolute Gasteiger partial charge is 0.390 e. The number of carbonyl (C=O) groups is 3. The lowest BCUT2D eigenvalue weighted by atomic mass is 9.81. The number of benzene rings is 1. The number of rotatable bonds is 19. The van der Waals surface area contributed by atoms with Crippen LogP contribution >= 0.6 is 11.3 Å². The Morgan fingerprint density at radius 2 is 1.58 bits per heavy atom. The normalized spacial score (nSPS) is 18.3. The highest BCUT2D eigenvalue weighted by atomic mass is 32.1. The summed E-state index contributed by atoms with van der Waals surface area (Å²) in [6.07, 6.45) is 3.97. The molecule has 1 saturated heterocycles. The smallest absolute Gasteiger partial charge is 0.242 e. The Hall–Kier alpha value is -3.10. The maximum atomic E-state index is 14.4. The topological polar surface area (TPSA) is 147 Å². The van der Waals surface area contributed by atoms with Gasteiger partial charge in [0.05, 0.1) is 30.4 Å². The average Bonchev–Trinajstić information content (AvgIpc) is 3.57. The summed E-state index contributed by atoms with van der Waals surface area (Å²) in [6, 6.07) is 8.58. The minimum absolute atomic E-state index is 0.103. The van der Waals surface area contributed by atoms with Crippen molar-refractivity contribution >= 4 is 34.2 Å². The van der Waals surface area contributed by atoms with Gasteiger partial charge in [0.25, 0.3) is 0 Å². The fourth-order valence-electron chi connectivity index (χ4n) is 7.66. The molecule has 4 atom stereocenters. The summed E-state index contributed by atoms with van der Waals surface area (Å²) in [5.41, 5.74) is 7.49. The molecule has 2 aliphatic rings. The Bertz CT molecular complexity index is 1410. The van der Waals surface area contributed by atoms with E-state index in [9.17, 15) is 24.6 Å². The number of hydrogen-bond donors (Lipinski definition) is 3. The van der Waals surface area contributed by atoms with E-state index >= 15 is 0 Å². The van der Waals surface area contributed by atoms with Gasteiger partial charge in [-0.1, -0.05) is 76.3 Å². The molecular weight excluding hydrogens is 691 g/mol. The van der Waals surface area contributed by atoms with E-state index in [0.29, 0.717) is 36.1 Å². The number of nitrogens with zero attached hydrogens (tertiary/aromatic N) is 6. The van der Waals surface area contributed by atoms with Crippen LogP contribution < -0.4 is 5.73 Å². The van der Waals surface area contributed by atoms with Crippen LogP contribution in [0.15, 0.2) is 35.7 Å². The molecule has 296 valence electrons. The van der Waals surface area contributed by atoms with Crippen LogP contribution in [0.3, 0.4) is 0 Å². The van der Waals surface area contributed by atoms with E-state index in [1.165, 1.54) is 17.8 Å². The van der Waals surface area contributed by atoms with E-state index in [2.05, 4.69) is 21.8 Å². The van der Waals surface area contributed by atoms with Gasteiger partial charge in [-0.3, -0.25) is 19.3 Å². The first kappa shape index (κ1) is 42.6. The molecule has 13 heteroatoms. The molecular formula is C40H65N7O5S. The molecule has 3 amide bonds. The Labute approximate surface area is 321 Å². The van der Waals surface area contributed by atoms with Crippen molar-refractivity contribution in [2.45, 2.75) is 109 Å². The highest BCUT2D eigenvalue weighted by Crippen LogP contribution is 2.32. The SMILES string of the molecule is CC(C)C[C@H](O)[C@H](O)[C@H](CC1CCCCC1)N(Cc1csc(N)n1)C(=O)CCC(=O)N(CC(=O)N(C)CCN1CCN(C)CC1)[C@@H](C)c1ccccc1. The monoisotopic (exact) mass is 755 g/mol. The first-order valence-electron chi connectivity index (χ1n) is 19.7. The van der Waals surface area contributed by atoms with Gasteiger partial charge in [0.15, 0.2) is 5.13 Å². The number of aromatic nitrogens is 1. The first-order chi connectivity index (χ1) is 25.3. The number of piperazine rings is 1. The molecule has 1 aromatic heterocycles. The van der Waals surface area contributed by atoms with Crippen molar-refractivity contribution < 1.29 is 24.6 Å². The zero-order valence-electron chi connectivity index (χ0n) is 32.7. The predicted octanol–water partition coefficient (Wildman–Crippen LogP) is 4.24. The third kappa shape index (κ3) is 13.3. The third-order valence-corrected chi connectivity index (χ3v) is 11.8. The number of aliphatic hydroxyl groups excluding tert-OH is 2. The van der Waals surface area contributed by atoms with Gasteiger partial charge >= 0.3 is 0 Å². The zero-order chi connectivity index (χ0) is 38.5. The van der Waals surface area contributed by atoms with Crippen molar-refractivity contribution in [1.82, 2.24) is 29.5 Å². The zero-order valence-corrected chi connectivity index (χ0v) is 33.6. The Kier molecular flexibility index (Phi) is 17.0. The number of aliphatic hydroxyl groups is 2. The van der Waals surface area contributed by atoms with Gasteiger partial charge in [-0.05, 0) is 44.2 Å². The molecule has 0 bridgehead atoms. The minimum atomic E-state index is -1.16. The molecule has 1 aliphatic carbocycles. The predicted molar refractivity (Wildman–Crippen MR) is 211 cm³/mol. The fraction of sp³-hybridized carbons (Fsp3) is 0.700. The van der Waals surface area contributed by atoms with E-state index in [1.54, 1.807) is 21.7 Å². The lowest BCUT2D eigenvalue weighted by Gasteiger charge is -2.39. The van der Waals surface area contributed by atoms with Crippen LogP contribution in [0.2, 0.25) is 0 Å². The number of thiazole rings is 1. The quantitative estimate of drug-likeness (QED) is 0.192. The third-order valence-electron chi connectivity index (χ3n) is 11.1. The number of nitrogen functional groups attached to an aromatic ring is 1. The van der Waals surface area contributed by atoms with Crippen LogP contribution in [0.25, 0.3) is 0 Å². The maximum absolute atomic E-state index is 14.4. The van der Waals surface area contributed by atoms with Crippen LogP contribution in [0.4, 0.5) is 5.13 Å². The van der Waals surface area contributed by atoms with Crippen molar-refractivity contribution in [1.29, 1.82) is 0 Å². The van der Waals surface area contributed by atoms with Gasteiger partial charge in [-0.2, -0.15) is 0 Å². The van der Waals surface area contributed by atoms with Crippen LogP contribution in [0, 0.1) is 11.8 Å². The second-order valence-corrected chi connectivity index (χ2v) is 16.7. The molecule has 2 aromatic rings. The summed E-state index contributed by atoms with van der Waals surface area (Å²) in [6.45, 7) is 11.2. The summed E-state index contributed by atoms with van der Waals surface area (Å²) < 4.78 is 0. The first-order valence-corrected chi connectivity index (χ1v) is 20.5. The van der Waals surface area contributed by atoms with Crippen molar-refractivity contribution in [3.63, 3.8) is 0 Å². The molecule has 0 radical (unpaired) electrons. The minimum Gasteiger partial charge on any atom is -0.390 e. The number of amides is 3. The standard InChI is InChI=1S/C40H65N7O5S/c1-29(2)24-35(48)39(52)34(25-31-12-8-6-9-13-31)47(26-33-28-53-40(41)42-33)37(50)17-16-36(49)46(30(3)32-14-10-7-11-15-32)27-38(51)44(5)20-23-45-21-18-43(4)19-22-45/h7,10-11,14-15,28-31,34-35,39,48,52H,6,8-9,12-13,16-27H2,1-5H3,(H2,41,42)/t30-,34-,35-,39+/m0/s1. The molecule has 2 heterocycles. The van der Waals surface area contributed by atoms with E-state index in [-0.39, 0.29) is 49.6 Å². The summed E-state index contributed by atoms with van der Waals surface area (Å²) in [5, 5.41) is 25.1. The van der Waals surface area contributed by atoms with Crippen LogP contribution in [-0.2, 0) is 20.9 Å². The molecule has 1 aromatic carbocycles. The van der Waals surface area contributed by atoms with Gasteiger partial charge in [0.2, 0.25) is 17.7 Å². The maximum Gasteiger partial charge on any atom is 0.242 e. The Morgan fingerprint density at radius 3 is 2.19 bits per heavy atom. The van der Waals surface area contributed by atoms with Gasteiger partial charge < -0.3 is 35.5 Å². The van der Waals surface area contributed by atoms with Gasteiger partial charge in [-0.25, -0.2) is 4.98 Å². The molecule has 4 N–H and O–H groups in total. The van der Waals surface area contributed by atoms with Crippen molar-refractivity contribution in [2.24, 2.45) is 11.8 Å². The van der Waals surface area contributed by atoms with E-state index in [4.69, 9.17) is 5.73 Å². The number of hydrogen-bond acceptors (Lipinski definition) is 10. The average molecular weight is 756 g/mol. The summed E-state index contributed by atoms with van der Waals surface area (Å²) in [7, 11) is 3.90. The summed E-state index contributed by atoms with van der Waals surface area (Å²) >= 11 is 1.29.